The van der Waals surface area contributed by atoms with Gasteiger partial charge in [0, 0.05) is 22.8 Å². The van der Waals surface area contributed by atoms with Crippen molar-refractivity contribution in [3.05, 3.63) is 135 Å². The lowest BCUT2D eigenvalue weighted by molar-refractivity contribution is -0.385. The summed E-state index contributed by atoms with van der Waals surface area (Å²) in [6.45, 7) is 8.00. The molecule has 0 heterocycles. The number of sulfonamides is 1. The van der Waals surface area contributed by atoms with Gasteiger partial charge in [-0.25, -0.2) is 18.4 Å². The van der Waals surface area contributed by atoms with E-state index in [1.807, 2.05) is 32.0 Å². The maximum atomic E-state index is 13.2. The van der Waals surface area contributed by atoms with Crippen LogP contribution in [0.3, 0.4) is 0 Å². The highest BCUT2D eigenvalue weighted by Crippen LogP contribution is 2.42. The molecule has 4 N–H and O–H groups in total. The number of primary sulfonamides is 1. The number of nitrogens with two attached hydrogens (primary N) is 1. The fourth-order valence-electron chi connectivity index (χ4n) is 5.37. The number of carbonyl (C=O) groups is 2. The number of aromatic carboxylic acids is 1. The number of nitrogens with zero attached hydrogens (tertiary/aromatic N) is 1. The van der Waals surface area contributed by atoms with Gasteiger partial charge in [0.25, 0.3) is 5.69 Å². The average Bonchev–Trinajstić information content (AvgIpc) is 3.14. The summed E-state index contributed by atoms with van der Waals surface area (Å²) in [6, 6.07) is 19.3. The molecule has 0 amide bonds. The number of carboxylic acids is 1. The molecule has 57 heavy (non-hydrogen) atoms. The molecular formula is C39H34Br4N2O11S. The Morgan fingerprint density at radius 1 is 0.754 bits per heavy atom. The SMILES string of the molecule is CC(C)c1cc(Oc2c(Br)cc(C(=O)c3c([N+](=O)[O-])cccc3S(N)(=O)=O)cc2Br)ccc1O.COc1ccc(Oc2c(Br)cc(C(=O)O)cc2Br)cc1C(C)C. The number of methoxy groups -OCH3 is 1. The third kappa shape index (κ3) is 11.0. The van der Waals surface area contributed by atoms with E-state index in [4.69, 9.17) is 24.5 Å². The van der Waals surface area contributed by atoms with Crippen LogP contribution in [0, 0.1) is 10.1 Å². The van der Waals surface area contributed by atoms with Gasteiger partial charge in [-0.1, -0.05) is 33.8 Å². The van der Waals surface area contributed by atoms with Crippen molar-refractivity contribution >= 4 is 91.2 Å². The first-order valence-corrected chi connectivity index (χ1v) is 21.3. The fraction of sp³-hybridized carbons (Fsp3) is 0.179. The lowest BCUT2D eigenvalue weighted by atomic mass is 10.0. The van der Waals surface area contributed by atoms with Crippen LogP contribution in [0.5, 0.6) is 34.5 Å². The van der Waals surface area contributed by atoms with Gasteiger partial charge in [0.05, 0.1) is 40.4 Å². The van der Waals surface area contributed by atoms with Gasteiger partial charge >= 0.3 is 5.97 Å². The van der Waals surface area contributed by atoms with Crippen LogP contribution in [0.1, 0.15) is 76.9 Å². The number of phenols is 1. The van der Waals surface area contributed by atoms with E-state index < -0.39 is 42.8 Å². The van der Waals surface area contributed by atoms with E-state index in [9.17, 15) is 33.2 Å². The second-order valence-corrected chi connectivity index (χ2v) is 17.7. The van der Waals surface area contributed by atoms with Gasteiger partial charge in [-0.3, -0.25) is 14.9 Å². The summed E-state index contributed by atoms with van der Waals surface area (Å²) in [5, 5.41) is 35.8. The summed E-state index contributed by atoms with van der Waals surface area (Å²) < 4.78 is 43.0. The number of aromatic hydroxyl groups is 1. The van der Waals surface area contributed by atoms with Crippen molar-refractivity contribution in [2.45, 2.75) is 44.4 Å². The zero-order valence-electron chi connectivity index (χ0n) is 30.7. The lowest BCUT2D eigenvalue weighted by Crippen LogP contribution is -2.18. The quantitative estimate of drug-likeness (QED) is 0.0609. The molecule has 0 aliphatic carbocycles. The molecule has 0 spiro atoms. The van der Waals surface area contributed by atoms with E-state index in [1.54, 1.807) is 19.2 Å². The van der Waals surface area contributed by atoms with Crippen LogP contribution in [0.2, 0.25) is 0 Å². The van der Waals surface area contributed by atoms with Crippen molar-refractivity contribution in [3.8, 4) is 34.5 Å². The number of halogens is 4. The Bertz CT molecular complexity index is 2450. The summed E-state index contributed by atoms with van der Waals surface area (Å²) in [7, 11) is -2.78. The molecule has 0 aliphatic rings. The van der Waals surface area contributed by atoms with E-state index in [0.29, 0.717) is 46.5 Å². The van der Waals surface area contributed by atoms with E-state index in [2.05, 4.69) is 77.6 Å². The molecule has 0 atom stereocenters. The number of carbonyl (C=O) groups excluding carboxylic acids is 1. The minimum Gasteiger partial charge on any atom is -0.508 e. The predicted molar refractivity (Wildman–Crippen MR) is 228 cm³/mol. The summed E-state index contributed by atoms with van der Waals surface area (Å²) in [4.78, 5) is 34.3. The highest BCUT2D eigenvalue weighted by atomic mass is 79.9. The van der Waals surface area contributed by atoms with Crippen LogP contribution >= 0.6 is 63.7 Å². The molecule has 0 unspecified atom stereocenters. The maximum absolute atomic E-state index is 13.2. The first-order chi connectivity index (χ1) is 26.6. The van der Waals surface area contributed by atoms with E-state index in [1.165, 1.54) is 30.3 Å². The zero-order chi connectivity index (χ0) is 42.5. The molecule has 0 aromatic heterocycles. The van der Waals surface area contributed by atoms with Crippen LogP contribution in [-0.2, 0) is 10.0 Å². The average molecular weight is 1060 g/mol. The number of hydrogen-bond donors (Lipinski definition) is 3. The van der Waals surface area contributed by atoms with Crippen molar-refractivity contribution in [2.75, 3.05) is 7.11 Å². The maximum Gasteiger partial charge on any atom is 0.335 e. The molecule has 5 aromatic rings. The minimum absolute atomic E-state index is 0.0427. The summed E-state index contributed by atoms with van der Waals surface area (Å²) in [6.07, 6.45) is 0. The fourth-order valence-corrected chi connectivity index (χ4v) is 8.82. The number of hydrogen-bond acceptors (Lipinski definition) is 10. The van der Waals surface area contributed by atoms with Crippen molar-refractivity contribution in [2.24, 2.45) is 5.14 Å². The number of phenolic OH excluding ortho intramolecular Hbond substituents is 1. The number of ketones is 1. The van der Waals surface area contributed by atoms with E-state index >= 15 is 0 Å². The highest BCUT2D eigenvalue weighted by molar-refractivity contribution is 9.11. The van der Waals surface area contributed by atoms with Crippen LogP contribution in [0.15, 0.2) is 102 Å². The van der Waals surface area contributed by atoms with Crippen LogP contribution < -0.4 is 19.3 Å². The molecule has 18 heteroatoms. The monoisotopic (exact) mass is 1050 g/mol. The number of rotatable bonds is 12. The van der Waals surface area contributed by atoms with Gasteiger partial charge in [0.15, 0.2) is 11.5 Å². The van der Waals surface area contributed by atoms with Gasteiger partial charge < -0.3 is 24.4 Å². The van der Waals surface area contributed by atoms with Crippen molar-refractivity contribution < 1.29 is 47.4 Å². The number of carboxylic acid groups (broad SMARTS) is 1. The zero-order valence-corrected chi connectivity index (χ0v) is 37.8. The van der Waals surface area contributed by atoms with Crippen molar-refractivity contribution in [1.82, 2.24) is 0 Å². The third-order valence-electron chi connectivity index (χ3n) is 8.12. The van der Waals surface area contributed by atoms with Gasteiger partial charge in [-0.2, -0.15) is 0 Å². The number of nitro groups is 1. The van der Waals surface area contributed by atoms with Gasteiger partial charge in [0.1, 0.15) is 28.6 Å². The topological polar surface area (TPSA) is 206 Å². The molecule has 13 nitrogen and oxygen atoms in total. The molecule has 5 aromatic carbocycles. The van der Waals surface area contributed by atoms with Crippen molar-refractivity contribution in [3.63, 3.8) is 0 Å². The summed E-state index contributed by atoms with van der Waals surface area (Å²) >= 11 is 13.4. The molecule has 0 fully saturated rings. The van der Waals surface area contributed by atoms with Gasteiger partial charge in [0.2, 0.25) is 15.8 Å². The third-order valence-corrected chi connectivity index (χ3v) is 11.4. The smallest absolute Gasteiger partial charge is 0.335 e. The molecule has 300 valence electrons. The first-order valence-electron chi connectivity index (χ1n) is 16.6. The lowest BCUT2D eigenvalue weighted by Gasteiger charge is -2.15. The Hall–Kier alpha value is -4.33. The molecule has 0 saturated heterocycles. The highest BCUT2D eigenvalue weighted by Gasteiger charge is 2.30. The van der Waals surface area contributed by atoms with Crippen LogP contribution in [-0.4, -0.2) is 42.4 Å². The number of nitro benzene ring substituents is 1. The number of benzene rings is 5. The van der Waals surface area contributed by atoms with E-state index in [-0.39, 0.29) is 28.7 Å². The van der Waals surface area contributed by atoms with Crippen LogP contribution in [0.25, 0.3) is 0 Å². The molecule has 0 aliphatic heterocycles. The second-order valence-electron chi connectivity index (χ2n) is 12.8. The van der Waals surface area contributed by atoms with E-state index in [0.717, 1.165) is 29.5 Å². The number of ether oxygens (including phenoxy) is 3. The van der Waals surface area contributed by atoms with Gasteiger partial charge in [-0.15, -0.1) is 0 Å². The van der Waals surface area contributed by atoms with Crippen molar-refractivity contribution in [1.29, 1.82) is 0 Å². The Morgan fingerprint density at radius 2 is 1.23 bits per heavy atom. The molecular weight excluding hydrogens is 1020 g/mol. The standard InChI is InChI=1S/C22H18Br2N2O7S.C17H16Br2O4/c1-11(2)14-10-13(6-7-18(14)27)33-22-15(23)8-12(9-16(22)24)21(28)20-17(26(29)30)4-3-5-19(20)34(25,31)32;1-9(2)12-8-11(4-5-15(12)22-3)23-16-13(18)6-10(17(20)21)7-14(16)19/h3-11,27H,1-2H3,(H2,25,31,32);4-9H,1-3H3,(H,20,21). The van der Waals surface area contributed by atoms with Gasteiger partial charge in [-0.05, 0) is 142 Å². The Labute approximate surface area is 361 Å². The normalized spacial score (nSPS) is 11.2. The Balaban J connectivity index is 0.000000273. The predicted octanol–water partition coefficient (Wildman–Crippen LogP) is 11.5. The summed E-state index contributed by atoms with van der Waals surface area (Å²) in [5.41, 5.74) is 0.535. The summed E-state index contributed by atoms with van der Waals surface area (Å²) in [5.74, 6) is 1.28. The first kappa shape index (κ1) is 45.4. The minimum atomic E-state index is -4.42. The molecule has 0 saturated carbocycles. The molecule has 0 bridgehead atoms. The Morgan fingerprint density at radius 3 is 1.67 bits per heavy atom. The Kier molecular flexibility index (Phi) is 15.1. The second kappa shape index (κ2) is 18.9. The van der Waals surface area contributed by atoms with Crippen LogP contribution in [0.4, 0.5) is 5.69 Å². The molecule has 5 rings (SSSR count). The largest absolute Gasteiger partial charge is 0.508 e. The molecule has 0 radical (unpaired) electrons.